The number of hydrogen-bond acceptors (Lipinski definition) is 5. The van der Waals surface area contributed by atoms with Gasteiger partial charge in [-0.15, -0.1) is 0 Å². The van der Waals surface area contributed by atoms with Gasteiger partial charge in [-0.3, -0.25) is 4.79 Å². The van der Waals surface area contributed by atoms with Crippen LogP contribution in [0.1, 0.15) is 213 Å². The molecule has 0 fully saturated rings. The summed E-state index contributed by atoms with van der Waals surface area (Å²) in [7, 11) is 0. The van der Waals surface area contributed by atoms with Crippen molar-refractivity contribution >= 4 is 11.9 Å². The number of unbranched alkanes of at least 4 members (excludes halogenated alkanes) is 27. The van der Waals surface area contributed by atoms with Crippen LogP contribution in [0.2, 0.25) is 0 Å². The van der Waals surface area contributed by atoms with Gasteiger partial charge in [0.05, 0.1) is 0 Å². The van der Waals surface area contributed by atoms with Crippen molar-refractivity contribution in [2.75, 3.05) is 13.2 Å². The summed E-state index contributed by atoms with van der Waals surface area (Å²) in [6, 6.07) is 0. The number of ether oxygens (including phenoxy) is 2. The predicted octanol–water partition coefficient (Wildman–Crippen LogP) is 11.6. The zero-order valence-electron chi connectivity index (χ0n) is 29.0. The fourth-order valence-corrected chi connectivity index (χ4v) is 5.76. The third-order valence-electron chi connectivity index (χ3n) is 8.68. The number of carbonyl (C=O) groups excluding carboxylic acids is 2. The van der Waals surface area contributed by atoms with Crippen LogP contribution in [0.25, 0.3) is 0 Å². The van der Waals surface area contributed by atoms with E-state index in [1.54, 1.807) is 0 Å². The number of aliphatic hydroxyl groups is 1. The molecule has 43 heavy (non-hydrogen) atoms. The normalized spacial score (nSPS) is 12.0. The summed E-state index contributed by atoms with van der Waals surface area (Å²) in [5.41, 5.74) is 0. The van der Waals surface area contributed by atoms with Crippen molar-refractivity contribution < 1.29 is 24.2 Å². The molecule has 1 unspecified atom stereocenters. The summed E-state index contributed by atoms with van der Waals surface area (Å²) in [6.07, 6.45) is 37.2. The van der Waals surface area contributed by atoms with Crippen molar-refractivity contribution in [2.24, 2.45) is 0 Å². The summed E-state index contributed by atoms with van der Waals surface area (Å²) in [5, 5.41) is 10.0. The van der Waals surface area contributed by atoms with Gasteiger partial charge in [-0.25, -0.2) is 4.79 Å². The van der Waals surface area contributed by atoms with E-state index in [4.69, 9.17) is 9.47 Å². The van der Waals surface area contributed by atoms with Gasteiger partial charge in [0.25, 0.3) is 0 Å². The molecular formula is C38H74O5. The molecule has 0 aromatic rings. The van der Waals surface area contributed by atoms with Crippen LogP contribution < -0.4 is 0 Å². The Kier molecular flexibility index (Phi) is 34.5. The quantitative estimate of drug-likeness (QED) is 0.0571. The Balaban J connectivity index is 3.37. The van der Waals surface area contributed by atoms with E-state index >= 15 is 0 Å². The van der Waals surface area contributed by atoms with Crippen LogP contribution in [-0.2, 0) is 19.1 Å². The molecule has 0 spiro atoms. The first kappa shape index (κ1) is 41.9. The second-order valence-electron chi connectivity index (χ2n) is 13.0. The van der Waals surface area contributed by atoms with E-state index in [2.05, 4.69) is 13.8 Å². The van der Waals surface area contributed by atoms with Crippen LogP contribution in [0.3, 0.4) is 0 Å². The van der Waals surface area contributed by atoms with Gasteiger partial charge in [-0.05, 0) is 12.8 Å². The average molecular weight is 611 g/mol. The van der Waals surface area contributed by atoms with E-state index in [9.17, 15) is 14.7 Å². The Hall–Kier alpha value is -1.10. The van der Waals surface area contributed by atoms with Crippen LogP contribution in [-0.4, -0.2) is 36.4 Å². The van der Waals surface area contributed by atoms with Gasteiger partial charge >= 0.3 is 11.9 Å². The van der Waals surface area contributed by atoms with Crippen LogP contribution in [0, 0.1) is 0 Å². The Labute approximate surface area is 268 Å². The molecule has 256 valence electrons. The molecule has 0 aromatic carbocycles. The second kappa shape index (κ2) is 35.4. The monoisotopic (exact) mass is 611 g/mol. The molecular weight excluding hydrogens is 536 g/mol. The van der Waals surface area contributed by atoms with E-state index in [1.165, 1.54) is 154 Å². The lowest BCUT2D eigenvalue weighted by atomic mass is 10.0. The highest BCUT2D eigenvalue weighted by molar-refractivity contribution is 5.74. The molecule has 0 aliphatic heterocycles. The maximum atomic E-state index is 12.0. The van der Waals surface area contributed by atoms with E-state index < -0.39 is 12.1 Å². The van der Waals surface area contributed by atoms with E-state index in [0.29, 0.717) is 12.8 Å². The SMILES string of the molecule is CCCCCCCCCCCCCCCCCC(=O)OCCOC(=O)C(O)CCCCCCCCCCCCCCCC. The second-order valence-corrected chi connectivity index (χ2v) is 13.0. The fourth-order valence-electron chi connectivity index (χ4n) is 5.76. The molecule has 0 rings (SSSR count). The van der Waals surface area contributed by atoms with Crippen LogP contribution >= 0.6 is 0 Å². The van der Waals surface area contributed by atoms with Crippen LogP contribution in [0.15, 0.2) is 0 Å². The third kappa shape index (κ3) is 33.6. The van der Waals surface area contributed by atoms with Crippen molar-refractivity contribution in [3.8, 4) is 0 Å². The highest BCUT2D eigenvalue weighted by Gasteiger charge is 2.16. The maximum Gasteiger partial charge on any atom is 0.335 e. The number of esters is 2. The number of hydrogen-bond donors (Lipinski definition) is 1. The van der Waals surface area contributed by atoms with Crippen molar-refractivity contribution in [1.82, 2.24) is 0 Å². The van der Waals surface area contributed by atoms with E-state index in [-0.39, 0.29) is 19.2 Å². The predicted molar refractivity (Wildman–Crippen MR) is 182 cm³/mol. The minimum atomic E-state index is -1.08. The van der Waals surface area contributed by atoms with Gasteiger partial charge < -0.3 is 14.6 Å². The highest BCUT2D eigenvalue weighted by Crippen LogP contribution is 2.15. The lowest BCUT2D eigenvalue weighted by molar-refractivity contribution is -0.159. The molecule has 0 heterocycles. The smallest absolute Gasteiger partial charge is 0.335 e. The van der Waals surface area contributed by atoms with Gasteiger partial charge in [-0.1, -0.05) is 194 Å². The van der Waals surface area contributed by atoms with Gasteiger partial charge in [0.1, 0.15) is 13.2 Å². The maximum absolute atomic E-state index is 12.0. The molecule has 0 saturated heterocycles. The highest BCUT2D eigenvalue weighted by atomic mass is 16.6. The van der Waals surface area contributed by atoms with Gasteiger partial charge in [0.15, 0.2) is 6.10 Å². The van der Waals surface area contributed by atoms with Crippen LogP contribution in [0.5, 0.6) is 0 Å². The molecule has 5 nitrogen and oxygen atoms in total. The summed E-state index contributed by atoms with van der Waals surface area (Å²) in [4.78, 5) is 23.9. The molecule has 0 radical (unpaired) electrons. The molecule has 1 N–H and O–H groups in total. The standard InChI is InChI=1S/C38H74O5/c1-3-5-7-9-11-13-15-17-19-21-23-25-27-29-31-33-37(40)42-34-35-43-38(41)36(39)32-30-28-26-24-22-20-18-16-14-12-10-8-6-4-2/h36,39H,3-35H2,1-2H3. The molecule has 0 amide bonds. The molecule has 0 aliphatic carbocycles. The molecule has 0 aromatic heterocycles. The number of carbonyl (C=O) groups is 2. The van der Waals surface area contributed by atoms with Gasteiger partial charge in [-0.2, -0.15) is 0 Å². The summed E-state index contributed by atoms with van der Waals surface area (Å²) in [6.45, 7) is 4.61. The number of aliphatic hydroxyl groups excluding tert-OH is 1. The van der Waals surface area contributed by atoms with E-state index in [1.807, 2.05) is 0 Å². The molecule has 0 saturated carbocycles. The minimum absolute atomic E-state index is 0.0131. The minimum Gasteiger partial charge on any atom is -0.462 e. The average Bonchev–Trinajstić information content (AvgIpc) is 3.01. The topological polar surface area (TPSA) is 72.8 Å². The van der Waals surface area contributed by atoms with Gasteiger partial charge in [0.2, 0.25) is 0 Å². The fraction of sp³-hybridized carbons (Fsp3) is 0.947. The largest absolute Gasteiger partial charge is 0.462 e. The Morgan fingerprint density at radius 1 is 0.442 bits per heavy atom. The van der Waals surface area contributed by atoms with Crippen molar-refractivity contribution in [3.05, 3.63) is 0 Å². The number of rotatable bonds is 35. The van der Waals surface area contributed by atoms with Gasteiger partial charge in [0, 0.05) is 6.42 Å². The van der Waals surface area contributed by atoms with Crippen molar-refractivity contribution in [2.45, 2.75) is 219 Å². The summed E-state index contributed by atoms with van der Waals surface area (Å²) >= 11 is 0. The lowest BCUT2D eigenvalue weighted by Gasteiger charge is -2.11. The Bertz CT molecular complexity index is 579. The first-order chi connectivity index (χ1) is 21.1. The van der Waals surface area contributed by atoms with Crippen molar-refractivity contribution in [1.29, 1.82) is 0 Å². The summed E-state index contributed by atoms with van der Waals surface area (Å²) < 4.78 is 10.3. The zero-order valence-corrected chi connectivity index (χ0v) is 29.0. The first-order valence-corrected chi connectivity index (χ1v) is 19.1. The van der Waals surface area contributed by atoms with Crippen molar-refractivity contribution in [3.63, 3.8) is 0 Å². The van der Waals surface area contributed by atoms with Crippen LogP contribution in [0.4, 0.5) is 0 Å². The Morgan fingerprint density at radius 2 is 0.744 bits per heavy atom. The Morgan fingerprint density at radius 3 is 1.12 bits per heavy atom. The molecule has 0 bridgehead atoms. The first-order valence-electron chi connectivity index (χ1n) is 19.1. The third-order valence-corrected chi connectivity index (χ3v) is 8.68. The van der Waals surface area contributed by atoms with E-state index in [0.717, 1.165) is 32.1 Å². The molecule has 1 atom stereocenters. The lowest BCUT2D eigenvalue weighted by Crippen LogP contribution is -2.25. The summed E-state index contributed by atoms with van der Waals surface area (Å²) in [5.74, 6) is -0.832. The molecule has 5 heteroatoms. The molecule has 0 aliphatic rings. The zero-order chi connectivity index (χ0) is 31.5.